The first kappa shape index (κ1) is 10.3. The van der Waals surface area contributed by atoms with Crippen molar-refractivity contribution >= 4 is 0 Å². The van der Waals surface area contributed by atoms with Crippen molar-refractivity contribution < 1.29 is 0 Å². The third-order valence-corrected chi connectivity index (χ3v) is 2.11. The van der Waals surface area contributed by atoms with E-state index in [4.69, 9.17) is 5.73 Å². The first-order chi connectivity index (χ1) is 5.82. The van der Waals surface area contributed by atoms with E-state index in [9.17, 15) is 0 Å². The van der Waals surface area contributed by atoms with E-state index in [0.717, 1.165) is 11.3 Å². The Kier molecular flexibility index (Phi) is 2.48. The topological polar surface area (TPSA) is 43.8 Å². The predicted octanol–water partition coefficient (Wildman–Crippen LogP) is 1.97. The molecule has 0 aliphatic rings. The summed E-state index contributed by atoms with van der Waals surface area (Å²) in [4.78, 5) is 0. The maximum absolute atomic E-state index is 5.82. The zero-order valence-corrected chi connectivity index (χ0v) is 9.13. The molecule has 1 aromatic heterocycles. The number of nitrogens with zero attached hydrogens (tertiary/aromatic N) is 2. The van der Waals surface area contributed by atoms with Crippen molar-refractivity contribution in [3.05, 3.63) is 17.5 Å². The molecule has 0 saturated heterocycles. The standard InChI is InChI=1S/C10H19N3/c1-7(11)9-6-13(10(3,4)5)12-8(9)2/h6-7H,11H2,1-5H3. The Bertz CT molecular complexity index is 292. The molecule has 1 rings (SSSR count). The van der Waals surface area contributed by atoms with Gasteiger partial charge in [0.2, 0.25) is 0 Å². The van der Waals surface area contributed by atoms with E-state index >= 15 is 0 Å². The summed E-state index contributed by atoms with van der Waals surface area (Å²) in [6.45, 7) is 10.4. The molecule has 0 radical (unpaired) electrons. The van der Waals surface area contributed by atoms with E-state index in [1.165, 1.54) is 0 Å². The third-order valence-electron chi connectivity index (χ3n) is 2.11. The summed E-state index contributed by atoms with van der Waals surface area (Å²) in [5, 5.41) is 4.44. The number of hydrogen-bond acceptors (Lipinski definition) is 2. The normalized spacial score (nSPS) is 14.6. The Morgan fingerprint density at radius 1 is 1.46 bits per heavy atom. The Morgan fingerprint density at radius 2 is 2.00 bits per heavy atom. The minimum atomic E-state index is 0.0396. The fraction of sp³-hybridized carbons (Fsp3) is 0.700. The first-order valence-electron chi connectivity index (χ1n) is 4.64. The van der Waals surface area contributed by atoms with Gasteiger partial charge in [0.05, 0.1) is 11.2 Å². The second-order valence-electron chi connectivity index (χ2n) is 4.57. The second kappa shape index (κ2) is 3.14. The second-order valence-corrected chi connectivity index (χ2v) is 4.57. The first-order valence-corrected chi connectivity index (χ1v) is 4.64. The van der Waals surface area contributed by atoms with Crippen LogP contribution in [0.3, 0.4) is 0 Å². The van der Waals surface area contributed by atoms with Crippen LogP contribution < -0.4 is 5.73 Å². The molecule has 0 amide bonds. The lowest BCUT2D eigenvalue weighted by Crippen LogP contribution is -2.22. The fourth-order valence-corrected chi connectivity index (χ4v) is 1.26. The quantitative estimate of drug-likeness (QED) is 0.719. The SMILES string of the molecule is Cc1nn(C(C)(C)C)cc1C(C)N. The van der Waals surface area contributed by atoms with Crippen LogP contribution in [-0.2, 0) is 5.54 Å². The van der Waals surface area contributed by atoms with E-state index in [1.807, 2.05) is 24.7 Å². The van der Waals surface area contributed by atoms with Crippen LogP contribution in [0.4, 0.5) is 0 Å². The molecule has 3 heteroatoms. The highest BCUT2D eigenvalue weighted by molar-refractivity contribution is 5.19. The van der Waals surface area contributed by atoms with Crippen molar-refractivity contribution in [1.29, 1.82) is 0 Å². The molecule has 1 heterocycles. The monoisotopic (exact) mass is 181 g/mol. The van der Waals surface area contributed by atoms with Crippen molar-refractivity contribution in [1.82, 2.24) is 9.78 Å². The zero-order chi connectivity index (χ0) is 10.2. The fourth-order valence-electron chi connectivity index (χ4n) is 1.26. The molecule has 0 aliphatic heterocycles. The largest absolute Gasteiger partial charge is 0.324 e. The van der Waals surface area contributed by atoms with Gasteiger partial charge < -0.3 is 5.73 Å². The Morgan fingerprint density at radius 3 is 2.23 bits per heavy atom. The molecule has 2 N–H and O–H groups in total. The number of hydrogen-bond donors (Lipinski definition) is 1. The number of aryl methyl sites for hydroxylation is 1. The van der Waals surface area contributed by atoms with Crippen LogP contribution in [0.25, 0.3) is 0 Å². The van der Waals surface area contributed by atoms with Gasteiger partial charge in [-0.15, -0.1) is 0 Å². The molecule has 0 bridgehead atoms. The van der Waals surface area contributed by atoms with Crippen LogP contribution in [0.2, 0.25) is 0 Å². The van der Waals surface area contributed by atoms with Gasteiger partial charge in [0, 0.05) is 17.8 Å². The highest BCUT2D eigenvalue weighted by Crippen LogP contribution is 2.19. The van der Waals surface area contributed by atoms with Crippen molar-refractivity contribution in [2.24, 2.45) is 5.73 Å². The van der Waals surface area contributed by atoms with E-state index in [1.54, 1.807) is 0 Å². The highest BCUT2D eigenvalue weighted by atomic mass is 15.3. The van der Waals surface area contributed by atoms with Gasteiger partial charge in [-0.2, -0.15) is 5.10 Å². The van der Waals surface area contributed by atoms with Gasteiger partial charge >= 0.3 is 0 Å². The lowest BCUT2D eigenvalue weighted by molar-refractivity contribution is 0.354. The van der Waals surface area contributed by atoms with Crippen LogP contribution in [0.15, 0.2) is 6.20 Å². The Hall–Kier alpha value is -0.830. The lowest BCUT2D eigenvalue weighted by atomic mass is 10.1. The van der Waals surface area contributed by atoms with Gasteiger partial charge in [-0.3, -0.25) is 4.68 Å². The molecule has 1 atom stereocenters. The molecule has 0 saturated carbocycles. The Balaban J connectivity index is 3.10. The number of aromatic nitrogens is 2. The molecule has 1 unspecified atom stereocenters. The van der Waals surface area contributed by atoms with E-state index in [-0.39, 0.29) is 11.6 Å². The summed E-state index contributed by atoms with van der Waals surface area (Å²) in [6.07, 6.45) is 2.04. The highest BCUT2D eigenvalue weighted by Gasteiger charge is 2.17. The predicted molar refractivity (Wildman–Crippen MR) is 54.6 cm³/mol. The van der Waals surface area contributed by atoms with Gasteiger partial charge in [0.1, 0.15) is 0 Å². The van der Waals surface area contributed by atoms with E-state index in [0.29, 0.717) is 0 Å². The van der Waals surface area contributed by atoms with Crippen LogP contribution in [0.1, 0.15) is 45.0 Å². The molecule has 0 spiro atoms. The molecule has 3 nitrogen and oxygen atoms in total. The smallest absolute Gasteiger partial charge is 0.0641 e. The maximum Gasteiger partial charge on any atom is 0.0641 e. The van der Waals surface area contributed by atoms with Crippen molar-refractivity contribution in [3.8, 4) is 0 Å². The van der Waals surface area contributed by atoms with E-state index in [2.05, 4.69) is 25.9 Å². The molecule has 13 heavy (non-hydrogen) atoms. The van der Waals surface area contributed by atoms with Gasteiger partial charge in [0.15, 0.2) is 0 Å². The Labute approximate surface area is 79.9 Å². The number of nitrogens with two attached hydrogens (primary N) is 1. The van der Waals surface area contributed by atoms with Crippen molar-refractivity contribution in [2.45, 2.75) is 46.2 Å². The van der Waals surface area contributed by atoms with Crippen LogP contribution in [-0.4, -0.2) is 9.78 Å². The van der Waals surface area contributed by atoms with Gasteiger partial charge in [-0.1, -0.05) is 0 Å². The van der Waals surface area contributed by atoms with E-state index < -0.39 is 0 Å². The van der Waals surface area contributed by atoms with Gasteiger partial charge in [-0.05, 0) is 34.6 Å². The molecule has 0 fully saturated rings. The minimum Gasteiger partial charge on any atom is -0.324 e. The molecule has 74 valence electrons. The van der Waals surface area contributed by atoms with Gasteiger partial charge in [0.25, 0.3) is 0 Å². The summed E-state index contributed by atoms with van der Waals surface area (Å²) in [6, 6.07) is 0.0658. The molecular weight excluding hydrogens is 162 g/mol. The van der Waals surface area contributed by atoms with Crippen LogP contribution in [0, 0.1) is 6.92 Å². The average molecular weight is 181 g/mol. The maximum atomic E-state index is 5.82. The summed E-state index contributed by atoms with van der Waals surface area (Å²) >= 11 is 0. The summed E-state index contributed by atoms with van der Waals surface area (Å²) in [5.41, 5.74) is 8.02. The molecule has 1 aromatic rings. The van der Waals surface area contributed by atoms with Crippen LogP contribution in [0.5, 0.6) is 0 Å². The van der Waals surface area contributed by atoms with Crippen molar-refractivity contribution in [2.75, 3.05) is 0 Å². The minimum absolute atomic E-state index is 0.0396. The molecule has 0 aromatic carbocycles. The average Bonchev–Trinajstić information content (AvgIpc) is 2.29. The third kappa shape index (κ3) is 2.10. The number of rotatable bonds is 1. The van der Waals surface area contributed by atoms with Crippen molar-refractivity contribution in [3.63, 3.8) is 0 Å². The molecule has 0 aliphatic carbocycles. The lowest BCUT2D eigenvalue weighted by Gasteiger charge is -2.18. The van der Waals surface area contributed by atoms with Crippen LogP contribution >= 0.6 is 0 Å². The summed E-state index contributed by atoms with van der Waals surface area (Å²) in [5.74, 6) is 0. The zero-order valence-electron chi connectivity index (χ0n) is 9.13. The summed E-state index contributed by atoms with van der Waals surface area (Å²) < 4.78 is 1.97. The summed E-state index contributed by atoms with van der Waals surface area (Å²) in [7, 11) is 0. The molecular formula is C10H19N3. The van der Waals surface area contributed by atoms with Gasteiger partial charge in [-0.25, -0.2) is 0 Å².